The first-order chi connectivity index (χ1) is 12.2. The molecule has 0 atom stereocenters. The molecule has 1 heterocycles. The molecule has 1 aromatic heterocycles. The van der Waals surface area contributed by atoms with Crippen molar-refractivity contribution in [2.24, 2.45) is 5.10 Å². The van der Waals surface area contributed by atoms with E-state index in [-0.39, 0.29) is 5.69 Å². The first kappa shape index (κ1) is 16.1. The molecule has 2 aromatic carbocycles. The summed E-state index contributed by atoms with van der Waals surface area (Å²) in [5, 5.41) is 14.8. The fourth-order valence-electron chi connectivity index (χ4n) is 2.37. The van der Waals surface area contributed by atoms with E-state index in [0.29, 0.717) is 16.8 Å². The van der Waals surface area contributed by atoms with Crippen LogP contribution in [0.4, 0.5) is 5.69 Å². The van der Waals surface area contributed by atoms with Crippen molar-refractivity contribution in [3.8, 4) is 5.69 Å². The van der Waals surface area contributed by atoms with Gasteiger partial charge >= 0.3 is 0 Å². The lowest BCUT2D eigenvalue weighted by atomic mass is 10.1. The summed E-state index contributed by atoms with van der Waals surface area (Å²) in [6.45, 7) is 0. The number of aromatic nitrogens is 1. The molecule has 3 aromatic rings. The minimum atomic E-state index is -0.496. The van der Waals surface area contributed by atoms with Crippen LogP contribution in [0, 0.1) is 10.1 Å². The molecule has 1 N–H and O–H groups in total. The van der Waals surface area contributed by atoms with Gasteiger partial charge in [-0.3, -0.25) is 14.9 Å². The van der Waals surface area contributed by atoms with Crippen molar-refractivity contribution in [3.05, 3.63) is 94.3 Å². The number of carbonyl (C=O) groups excluding carboxylic acids is 1. The minimum absolute atomic E-state index is 0.0757. The summed E-state index contributed by atoms with van der Waals surface area (Å²) < 4.78 is 1.82. The minimum Gasteiger partial charge on any atom is -0.323 e. The smallest absolute Gasteiger partial charge is 0.278 e. The molecule has 0 aliphatic rings. The zero-order valence-electron chi connectivity index (χ0n) is 13.1. The monoisotopic (exact) mass is 334 g/mol. The van der Waals surface area contributed by atoms with Crippen molar-refractivity contribution < 1.29 is 9.72 Å². The maximum Gasteiger partial charge on any atom is 0.278 e. The van der Waals surface area contributed by atoms with E-state index in [1.54, 1.807) is 30.3 Å². The highest BCUT2D eigenvalue weighted by molar-refractivity contribution is 5.98. The van der Waals surface area contributed by atoms with Crippen LogP contribution in [0.1, 0.15) is 15.9 Å². The van der Waals surface area contributed by atoms with Gasteiger partial charge in [-0.25, -0.2) is 5.43 Å². The Balaban J connectivity index is 1.80. The van der Waals surface area contributed by atoms with E-state index >= 15 is 0 Å². The molecule has 0 spiro atoms. The van der Waals surface area contributed by atoms with Gasteiger partial charge in [0.15, 0.2) is 0 Å². The number of nitro groups is 1. The van der Waals surface area contributed by atoms with Gasteiger partial charge in [0, 0.05) is 18.5 Å². The van der Waals surface area contributed by atoms with Gasteiger partial charge in [-0.15, -0.1) is 0 Å². The van der Waals surface area contributed by atoms with Crippen LogP contribution in [-0.2, 0) is 0 Å². The predicted octanol–water partition coefficient (Wildman–Crippen LogP) is 3.15. The maximum atomic E-state index is 12.4. The molecule has 7 nitrogen and oxygen atoms in total. The van der Waals surface area contributed by atoms with E-state index in [0.717, 1.165) is 0 Å². The van der Waals surface area contributed by atoms with Crippen LogP contribution in [0.25, 0.3) is 5.69 Å². The molecule has 0 unspecified atom stereocenters. The Hall–Kier alpha value is -3.74. The summed E-state index contributed by atoms with van der Waals surface area (Å²) >= 11 is 0. The highest BCUT2D eigenvalue weighted by atomic mass is 16.6. The van der Waals surface area contributed by atoms with Crippen molar-refractivity contribution >= 4 is 17.8 Å². The van der Waals surface area contributed by atoms with E-state index < -0.39 is 10.8 Å². The summed E-state index contributed by atoms with van der Waals surface area (Å²) in [5.74, 6) is -0.404. The normalized spacial score (nSPS) is 10.7. The maximum absolute atomic E-state index is 12.4. The molecule has 0 saturated heterocycles. The lowest BCUT2D eigenvalue weighted by molar-refractivity contribution is -0.385. The van der Waals surface area contributed by atoms with E-state index in [4.69, 9.17) is 0 Å². The van der Waals surface area contributed by atoms with Gasteiger partial charge < -0.3 is 4.57 Å². The van der Waals surface area contributed by atoms with Crippen LogP contribution < -0.4 is 5.43 Å². The van der Waals surface area contributed by atoms with Crippen LogP contribution >= 0.6 is 0 Å². The number of carbonyl (C=O) groups is 1. The Morgan fingerprint density at radius 2 is 1.72 bits per heavy atom. The molecule has 3 rings (SSSR count). The number of benzene rings is 2. The average Bonchev–Trinajstić information content (AvgIpc) is 3.16. The van der Waals surface area contributed by atoms with Gasteiger partial charge in [0.1, 0.15) is 0 Å². The fourth-order valence-corrected chi connectivity index (χ4v) is 2.37. The number of amides is 1. The predicted molar refractivity (Wildman–Crippen MR) is 93.9 cm³/mol. The van der Waals surface area contributed by atoms with Gasteiger partial charge in [-0.1, -0.05) is 24.3 Å². The first-order valence-corrected chi connectivity index (χ1v) is 7.46. The molecule has 0 aliphatic heterocycles. The lowest BCUT2D eigenvalue weighted by Crippen LogP contribution is -2.19. The number of rotatable bonds is 5. The highest BCUT2D eigenvalue weighted by Gasteiger charge is 2.12. The van der Waals surface area contributed by atoms with Crippen molar-refractivity contribution in [3.63, 3.8) is 0 Å². The number of para-hydroxylation sites is 2. The molecule has 0 saturated carbocycles. The number of hydrogen-bond donors (Lipinski definition) is 1. The van der Waals surface area contributed by atoms with Crippen LogP contribution in [0.2, 0.25) is 0 Å². The number of nitro benzene ring substituents is 1. The summed E-state index contributed by atoms with van der Waals surface area (Å²) in [6.07, 6.45) is 4.93. The molecule has 25 heavy (non-hydrogen) atoms. The second kappa shape index (κ2) is 7.22. The number of nitrogens with zero attached hydrogens (tertiary/aromatic N) is 3. The van der Waals surface area contributed by atoms with Crippen molar-refractivity contribution in [2.45, 2.75) is 0 Å². The Morgan fingerprint density at radius 1 is 1.04 bits per heavy atom. The highest BCUT2D eigenvalue weighted by Crippen LogP contribution is 2.16. The molecule has 0 bridgehead atoms. The summed E-state index contributed by atoms with van der Waals surface area (Å²) in [6, 6.07) is 17.0. The van der Waals surface area contributed by atoms with Crippen LogP contribution in [-0.4, -0.2) is 21.6 Å². The third-order valence-electron chi connectivity index (χ3n) is 3.53. The molecule has 0 radical (unpaired) electrons. The summed E-state index contributed by atoms with van der Waals surface area (Å²) in [5.41, 5.74) is 3.80. The second-order valence-electron chi connectivity index (χ2n) is 5.12. The first-order valence-electron chi connectivity index (χ1n) is 7.46. The largest absolute Gasteiger partial charge is 0.323 e. The topological polar surface area (TPSA) is 89.5 Å². The number of nitrogens with one attached hydrogen (secondary N) is 1. The molecule has 124 valence electrons. The lowest BCUT2D eigenvalue weighted by Gasteiger charge is -2.08. The zero-order valence-corrected chi connectivity index (χ0v) is 13.1. The second-order valence-corrected chi connectivity index (χ2v) is 5.12. The van der Waals surface area contributed by atoms with Gasteiger partial charge in [-0.2, -0.15) is 5.10 Å². The molecular weight excluding hydrogens is 320 g/mol. The van der Waals surface area contributed by atoms with E-state index in [1.165, 1.54) is 12.3 Å². The number of hydrazone groups is 1. The molecule has 0 fully saturated rings. The SMILES string of the molecule is O=C(N/N=C\c1ccccc1[N+](=O)[O-])c1ccccc1-n1cccc1. The van der Waals surface area contributed by atoms with Crippen molar-refractivity contribution in [2.75, 3.05) is 0 Å². The Morgan fingerprint density at radius 3 is 2.48 bits per heavy atom. The van der Waals surface area contributed by atoms with Gasteiger partial charge in [0.25, 0.3) is 11.6 Å². The quantitative estimate of drug-likeness (QED) is 0.441. The number of hydrogen-bond acceptors (Lipinski definition) is 4. The Labute approximate surface area is 143 Å². The standard InChI is InChI=1S/C18H14N4O3/c23-18(15-8-2-4-10-17(15)21-11-5-6-12-21)20-19-13-14-7-1-3-9-16(14)22(24)25/h1-13H,(H,20,23)/b19-13-. The van der Waals surface area contributed by atoms with E-state index in [2.05, 4.69) is 10.5 Å². The van der Waals surface area contributed by atoms with Crippen molar-refractivity contribution in [1.82, 2.24) is 9.99 Å². The average molecular weight is 334 g/mol. The zero-order chi connectivity index (χ0) is 17.6. The van der Waals surface area contributed by atoms with Crippen LogP contribution in [0.15, 0.2) is 78.2 Å². The Bertz CT molecular complexity index is 933. The molecular formula is C18H14N4O3. The van der Waals surface area contributed by atoms with Crippen LogP contribution in [0.3, 0.4) is 0 Å². The van der Waals surface area contributed by atoms with E-state index in [9.17, 15) is 14.9 Å². The molecule has 1 amide bonds. The summed E-state index contributed by atoms with van der Waals surface area (Å²) in [7, 11) is 0. The molecule has 0 aliphatic carbocycles. The van der Waals surface area contributed by atoms with Gasteiger partial charge in [0.05, 0.1) is 28.0 Å². The van der Waals surface area contributed by atoms with Gasteiger partial charge in [0.2, 0.25) is 0 Å². The summed E-state index contributed by atoms with van der Waals surface area (Å²) in [4.78, 5) is 22.9. The van der Waals surface area contributed by atoms with Gasteiger partial charge in [-0.05, 0) is 30.3 Å². The fraction of sp³-hybridized carbons (Fsp3) is 0. The van der Waals surface area contributed by atoms with E-state index in [1.807, 2.05) is 41.2 Å². The molecule has 7 heteroatoms. The Kier molecular flexibility index (Phi) is 4.66. The van der Waals surface area contributed by atoms with Crippen molar-refractivity contribution in [1.29, 1.82) is 0 Å². The van der Waals surface area contributed by atoms with Crippen LogP contribution in [0.5, 0.6) is 0 Å². The third kappa shape index (κ3) is 3.61. The third-order valence-corrected chi connectivity index (χ3v) is 3.53.